The monoisotopic (exact) mass is 282 g/mol. The molecule has 0 saturated heterocycles. The molecule has 1 unspecified atom stereocenters. The lowest BCUT2D eigenvalue weighted by Crippen LogP contribution is -2.41. The average molecular weight is 282 g/mol. The van der Waals surface area contributed by atoms with Gasteiger partial charge in [0.25, 0.3) is 0 Å². The van der Waals surface area contributed by atoms with Crippen LogP contribution in [0.4, 0.5) is 0 Å². The van der Waals surface area contributed by atoms with E-state index >= 15 is 0 Å². The molecule has 19 heavy (non-hydrogen) atoms. The van der Waals surface area contributed by atoms with Gasteiger partial charge >= 0.3 is 0 Å². The summed E-state index contributed by atoms with van der Waals surface area (Å²) in [6.07, 6.45) is 1.93. The van der Waals surface area contributed by atoms with Gasteiger partial charge in [0.05, 0.1) is 6.54 Å². The molecular weight excluding hydrogens is 260 g/mol. The SMILES string of the molecule is COCCCNC(=O)CN1CCc2sccc2C1C. The second-order valence-electron chi connectivity index (χ2n) is 4.89. The van der Waals surface area contributed by atoms with Gasteiger partial charge in [0, 0.05) is 37.7 Å². The van der Waals surface area contributed by atoms with Crippen LogP contribution in [-0.2, 0) is 16.0 Å². The molecule has 1 atom stereocenters. The highest BCUT2D eigenvalue weighted by Crippen LogP contribution is 2.32. The number of rotatable bonds is 6. The molecule has 1 N–H and O–H groups in total. The zero-order valence-electron chi connectivity index (χ0n) is 11.6. The van der Waals surface area contributed by atoms with E-state index in [2.05, 4.69) is 28.6 Å². The van der Waals surface area contributed by atoms with Crippen LogP contribution in [0.15, 0.2) is 11.4 Å². The molecule has 1 aliphatic rings. The number of ether oxygens (including phenoxy) is 1. The van der Waals surface area contributed by atoms with E-state index < -0.39 is 0 Å². The second kappa shape index (κ2) is 7.03. The summed E-state index contributed by atoms with van der Waals surface area (Å²) in [5.41, 5.74) is 1.39. The molecule has 0 radical (unpaired) electrons. The first-order valence-corrected chi connectivity index (χ1v) is 7.66. The molecule has 1 aliphatic heterocycles. The topological polar surface area (TPSA) is 41.6 Å². The van der Waals surface area contributed by atoms with E-state index in [1.807, 2.05) is 11.3 Å². The third-order valence-corrected chi connectivity index (χ3v) is 4.59. The Labute approximate surface area is 118 Å². The van der Waals surface area contributed by atoms with Crippen molar-refractivity contribution in [2.45, 2.75) is 25.8 Å². The van der Waals surface area contributed by atoms with Crippen LogP contribution >= 0.6 is 11.3 Å². The first-order valence-electron chi connectivity index (χ1n) is 6.78. The van der Waals surface area contributed by atoms with Crippen LogP contribution in [0, 0.1) is 0 Å². The van der Waals surface area contributed by atoms with Crippen LogP contribution in [0.1, 0.15) is 29.8 Å². The fourth-order valence-electron chi connectivity index (χ4n) is 2.46. The van der Waals surface area contributed by atoms with Crippen LogP contribution in [-0.4, -0.2) is 44.2 Å². The summed E-state index contributed by atoms with van der Waals surface area (Å²) >= 11 is 1.83. The molecule has 1 aromatic rings. The van der Waals surface area contributed by atoms with Crippen molar-refractivity contribution in [3.63, 3.8) is 0 Å². The molecule has 5 heteroatoms. The Bertz CT molecular complexity index is 419. The standard InChI is InChI=1S/C14H22N2O2S/c1-11-12-5-9-19-13(12)4-7-16(11)10-14(17)15-6-3-8-18-2/h5,9,11H,3-4,6-8,10H2,1-2H3,(H,15,17). The zero-order chi connectivity index (χ0) is 13.7. The smallest absolute Gasteiger partial charge is 0.234 e. The van der Waals surface area contributed by atoms with Crippen LogP contribution in [0.5, 0.6) is 0 Å². The van der Waals surface area contributed by atoms with Crippen molar-refractivity contribution in [1.29, 1.82) is 0 Å². The summed E-state index contributed by atoms with van der Waals surface area (Å²) in [5.74, 6) is 0.113. The number of amides is 1. The van der Waals surface area contributed by atoms with E-state index in [-0.39, 0.29) is 5.91 Å². The summed E-state index contributed by atoms with van der Waals surface area (Å²) < 4.78 is 4.96. The van der Waals surface area contributed by atoms with Gasteiger partial charge in [-0.25, -0.2) is 0 Å². The predicted octanol–water partition coefficient (Wildman–Crippen LogP) is 1.82. The Hall–Kier alpha value is -0.910. The molecule has 1 amide bonds. The fraction of sp³-hybridized carbons (Fsp3) is 0.643. The summed E-state index contributed by atoms with van der Waals surface area (Å²) in [5, 5.41) is 5.09. The Balaban J connectivity index is 1.79. The lowest BCUT2D eigenvalue weighted by Gasteiger charge is -2.32. The van der Waals surface area contributed by atoms with E-state index in [0.29, 0.717) is 25.7 Å². The van der Waals surface area contributed by atoms with E-state index in [1.165, 1.54) is 10.4 Å². The molecule has 0 bridgehead atoms. The first-order chi connectivity index (χ1) is 9.22. The van der Waals surface area contributed by atoms with Gasteiger partial charge in [0.2, 0.25) is 5.91 Å². The summed E-state index contributed by atoms with van der Waals surface area (Å²) in [4.78, 5) is 15.6. The number of carbonyl (C=O) groups excluding carboxylic acids is 1. The van der Waals surface area contributed by atoms with Crippen molar-refractivity contribution >= 4 is 17.2 Å². The zero-order valence-corrected chi connectivity index (χ0v) is 12.5. The third-order valence-electron chi connectivity index (χ3n) is 3.60. The lowest BCUT2D eigenvalue weighted by molar-refractivity contribution is -0.122. The van der Waals surface area contributed by atoms with Gasteiger partial charge in [-0.1, -0.05) is 0 Å². The molecule has 2 heterocycles. The van der Waals surface area contributed by atoms with Gasteiger partial charge in [-0.2, -0.15) is 0 Å². The van der Waals surface area contributed by atoms with Crippen molar-refractivity contribution in [3.05, 3.63) is 21.9 Å². The molecule has 0 spiro atoms. The van der Waals surface area contributed by atoms with Crippen LogP contribution in [0.25, 0.3) is 0 Å². The summed E-state index contributed by atoms with van der Waals surface area (Å²) in [6.45, 7) is 5.03. The van der Waals surface area contributed by atoms with Gasteiger partial charge in [-0.15, -0.1) is 11.3 Å². The number of hydrogen-bond donors (Lipinski definition) is 1. The van der Waals surface area contributed by atoms with Gasteiger partial charge in [0.1, 0.15) is 0 Å². The molecule has 106 valence electrons. The minimum atomic E-state index is 0.113. The maximum Gasteiger partial charge on any atom is 0.234 e. The molecule has 4 nitrogen and oxygen atoms in total. The summed E-state index contributed by atoms with van der Waals surface area (Å²) in [6, 6.07) is 2.53. The number of hydrogen-bond acceptors (Lipinski definition) is 4. The third kappa shape index (κ3) is 3.78. The molecule has 0 aliphatic carbocycles. The minimum Gasteiger partial charge on any atom is -0.385 e. The van der Waals surface area contributed by atoms with Gasteiger partial charge < -0.3 is 10.1 Å². The van der Waals surface area contributed by atoms with Crippen molar-refractivity contribution in [1.82, 2.24) is 10.2 Å². The number of thiophene rings is 1. The van der Waals surface area contributed by atoms with Crippen molar-refractivity contribution < 1.29 is 9.53 Å². The van der Waals surface area contributed by atoms with Crippen molar-refractivity contribution in [3.8, 4) is 0 Å². The number of fused-ring (bicyclic) bond motifs is 1. The molecule has 2 rings (SSSR count). The van der Waals surface area contributed by atoms with E-state index in [4.69, 9.17) is 4.74 Å². The van der Waals surface area contributed by atoms with Gasteiger partial charge in [-0.05, 0) is 36.8 Å². The fourth-order valence-corrected chi connectivity index (χ4v) is 3.42. The Morgan fingerprint density at radius 1 is 1.63 bits per heavy atom. The maximum absolute atomic E-state index is 11.9. The predicted molar refractivity (Wildman–Crippen MR) is 77.5 cm³/mol. The number of carbonyl (C=O) groups is 1. The van der Waals surface area contributed by atoms with Crippen LogP contribution in [0.2, 0.25) is 0 Å². The van der Waals surface area contributed by atoms with Gasteiger partial charge in [0.15, 0.2) is 0 Å². The summed E-state index contributed by atoms with van der Waals surface area (Å²) in [7, 11) is 1.68. The molecule has 0 fully saturated rings. The first kappa shape index (κ1) is 14.5. The van der Waals surface area contributed by atoms with E-state index in [1.54, 1.807) is 7.11 Å². The Morgan fingerprint density at radius 2 is 2.47 bits per heavy atom. The highest BCUT2D eigenvalue weighted by molar-refractivity contribution is 7.10. The van der Waals surface area contributed by atoms with E-state index in [0.717, 1.165) is 19.4 Å². The second-order valence-corrected chi connectivity index (χ2v) is 5.89. The average Bonchev–Trinajstić information content (AvgIpc) is 2.87. The molecule has 0 saturated carbocycles. The van der Waals surface area contributed by atoms with Crippen LogP contribution in [0.3, 0.4) is 0 Å². The maximum atomic E-state index is 11.9. The lowest BCUT2D eigenvalue weighted by atomic mass is 10.0. The van der Waals surface area contributed by atoms with Gasteiger partial charge in [-0.3, -0.25) is 9.69 Å². The molecule has 1 aromatic heterocycles. The normalized spacial score (nSPS) is 19.2. The molecule has 0 aromatic carbocycles. The minimum absolute atomic E-state index is 0.113. The Kier molecular flexibility index (Phi) is 5.36. The Morgan fingerprint density at radius 3 is 3.26 bits per heavy atom. The number of nitrogens with one attached hydrogen (secondary N) is 1. The highest BCUT2D eigenvalue weighted by Gasteiger charge is 2.25. The number of methoxy groups -OCH3 is 1. The molecular formula is C14H22N2O2S. The number of nitrogens with zero attached hydrogens (tertiary/aromatic N) is 1. The largest absolute Gasteiger partial charge is 0.385 e. The quantitative estimate of drug-likeness (QED) is 0.809. The van der Waals surface area contributed by atoms with Crippen molar-refractivity contribution in [2.75, 3.05) is 33.4 Å². The highest BCUT2D eigenvalue weighted by atomic mass is 32.1. The van der Waals surface area contributed by atoms with Crippen molar-refractivity contribution in [2.24, 2.45) is 0 Å². The van der Waals surface area contributed by atoms with Crippen LogP contribution < -0.4 is 5.32 Å². The van der Waals surface area contributed by atoms with E-state index in [9.17, 15) is 4.79 Å².